The zero-order valence-electron chi connectivity index (χ0n) is 6.72. The maximum Gasteiger partial charge on any atom is 0.149 e. The van der Waals surface area contributed by atoms with Gasteiger partial charge in [-0.25, -0.2) is 0 Å². The minimum Gasteiger partial charge on any atom is -0.298 e. The molecule has 54 valence electrons. The van der Waals surface area contributed by atoms with Crippen LogP contribution in [0.25, 0.3) is 0 Å². The lowest BCUT2D eigenvalue weighted by Crippen LogP contribution is -2.12. The number of hydrogen-bond acceptors (Lipinski definition) is 1. The summed E-state index contributed by atoms with van der Waals surface area (Å²) in [7, 11) is 5.57. The average molecular weight is 144 g/mol. The molecule has 0 saturated carbocycles. The van der Waals surface area contributed by atoms with Gasteiger partial charge in [-0.2, -0.15) is 0 Å². The van der Waals surface area contributed by atoms with Crippen molar-refractivity contribution in [2.75, 3.05) is 0 Å². The Morgan fingerprint density at radius 2 is 2.00 bits per heavy atom. The van der Waals surface area contributed by atoms with Gasteiger partial charge in [0.25, 0.3) is 0 Å². The fourth-order valence-electron chi connectivity index (χ4n) is 1.01. The molecule has 1 nitrogen and oxygen atoms in total. The molecule has 0 aliphatic carbocycles. The van der Waals surface area contributed by atoms with Crippen molar-refractivity contribution in [3.8, 4) is 0 Å². The summed E-state index contributed by atoms with van der Waals surface area (Å²) in [5.74, 6) is 0. The Morgan fingerprint density at radius 3 is 2.45 bits per heavy atom. The van der Waals surface area contributed by atoms with E-state index in [0.29, 0.717) is 11.0 Å². The summed E-state index contributed by atoms with van der Waals surface area (Å²) in [6.45, 7) is 3.86. The largest absolute Gasteiger partial charge is 0.298 e. The number of carbonyl (C=O) groups is 1. The van der Waals surface area contributed by atoms with E-state index in [1.54, 1.807) is 6.07 Å². The molecule has 1 aromatic carbocycles. The van der Waals surface area contributed by atoms with Crippen molar-refractivity contribution >= 4 is 19.6 Å². The van der Waals surface area contributed by atoms with Gasteiger partial charge in [0, 0.05) is 5.56 Å². The normalized spacial score (nSPS) is 9.64. The molecule has 0 aliphatic heterocycles. The lowest BCUT2D eigenvalue weighted by molar-refractivity contribution is 0.112. The van der Waals surface area contributed by atoms with Crippen molar-refractivity contribution in [1.29, 1.82) is 0 Å². The van der Waals surface area contributed by atoms with Gasteiger partial charge in [0.1, 0.15) is 14.1 Å². The van der Waals surface area contributed by atoms with Crippen LogP contribution in [0.2, 0.25) is 0 Å². The Labute approximate surface area is 67.8 Å². The first-order valence-electron chi connectivity index (χ1n) is 3.47. The maximum absolute atomic E-state index is 10.5. The summed E-state index contributed by atoms with van der Waals surface area (Å²) in [6, 6.07) is 3.67. The molecule has 0 unspecified atom stereocenters. The molecular weight excluding hydrogens is 135 g/mol. The molecule has 2 radical (unpaired) electrons. The molecule has 1 rings (SSSR count). The van der Waals surface area contributed by atoms with Gasteiger partial charge in [-0.1, -0.05) is 17.6 Å². The van der Waals surface area contributed by atoms with E-state index >= 15 is 0 Å². The first-order valence-corrected chi connectivity index (χ1v) is 3.47. The van der Waals surface area contributed by atoms with Crippen LogP contribution in [-0.4, -0.2) is 14.1 Å². The summed E-state index contributed by atoms with van der Waals surface area (Å²) in [4.78, 5) is 10.5. The lowest BCUT2D eigenvalue weighted by atomic mass is 9.87. The third-order valence-corrected chi connectivity index (χ3v) is 1.94. The van der Waals surface area contributed by atoms with Crippen LogP contribution in [0, 0.1) is 13.8 Å². The zero-order valence-corrected chi connectivity index (χ0v) is 6.72. The zero-order chi connectivity index (χ0) is 8.43. The van der Waals surface area contributed by atoms with Gasteiger partial charge in [0.2, 0.25) is 0 Å². The number of benzene rings is 1. The number of carbonyl (C=O) groups excluding carboxylic acids is 1. The van der Waals surface area contributed by atoms with E-state index in [4.69, 9.17) is 7.85 Å². The molecule has 0 heterocycles. The Hall–Kier alpha value is -1.05. The van der Waals surface area contributed by atoms with E-state index in [1.807, 2.05) is 19.9 Å². The number of rotatable bonds is 1. The molecule has 0 spiro atoms. The van der Waals surface area contributed by atoms with Gasteiger partial charge in [-0.05, 0) is 25.0 Å². The number of aryl methyl sites for hydroxylation is 1. The molecule has 1 aromatic rings. The first-order chi connectivity index (χ1) is 5.16. The van der Waals surface area contributed by atoms with E-state index in [1.165, 1.54) is 0 Å². The van der Waals surface area contributed by atoms with E-state index < -0.39 is 0 Å². The predicted molar refractivity (Wildman–Crippen MR) is 46.7 cm³/mol. The lowest BCUT2D eigenvalue weighted by Gasteiger charge is -2.05. The standard InChI is InChI=1S/C9H9BO/c1-6-3-4-9(10)8(5-11)7(6)2/h3-5H,1-2H3. The first kappa shape index (κ1) is 8.06. The highest BCUT2D eigenvalue weighted by Gasteiger charge is 2.01. The summed E-state index contributed by atoms with van der Waals surface area (Å²) < 4.78 is 0. The van der Waals surface area contributed by atoms with Crippen LogP contribution in [0.3, 0.4) is 0 Å². The number of aldehydes is 1. The highest BCUT2D eigenvalue weighted by Crippen LogP contribution is 2.07. The fraction of sp³-hybridized carbons (Fsp3) is 0.222. The highest BCUT2D eigenvalue weighted by molar-refractivity contribution is 6.35. The SMILES string of the molecule is [B]c1ccc(C)c(C)c1C=O. The van der Waals surface area contributed by atoms with Crippen molar-refractivity contribution in [3.63, 3.8) is 0 Å². The van der Waals surface area contributed by atoms with Gasteiger partial charge >= 0.3 is 0 Å². The topological polar surface area (TPSA) is 17.1 Å². The summed E-state index contributed by atoms with van der Waals surface area (Å²) in [5, 5.41) is 0. The quantitative estimate of drug-likeness (QED) is 0.422. The minimum absolute atomic E-state index is 0.558. The Balaban J connectivity index is 3.40. The summed E-state index contributed by atoms with van der Waals surface area (Å²) in [5.41, 5.74) is 3.24. The average Bonchev–Trinajstić information content (AvgIpc) is 1.99. The second-order valence-electron chi connectivity index (χ2n) is 2.63. The second-order valence-corrected chi connectivity index (χ2v) is 2.63. The van der Waals surface area contributed by atoms with Crippen molar-refractivity contribution in [2.24, 2.45) is 0 Å². The van der Waals surface area contributed by atoms with Crippen LogP contribution in [0.15, 0.2) is 12.1 Å². The van der Waals surface area contributed by atoms with Crippen molar-refractivity contribution in [2.45, 2.75) is 13.8 Å². The molecule has 11 heavy (non-hydrogen) atoms. The van der Waals surface area contributed by atoms with Crippen LogP contribution in [0.4, 0.5) is 0 Å². The van der Waals surface area contributed by atoms with Gasteiger partial charge in [0.05, 0.1) is 0 Å². The summed E-state index contributed by atoms with van der Waals surface area (Å²) in [6.07, 6.45) is 0.803. The van der Waals surface area contributed by atoms with Crippen LogP contribution >= 0.6 is 0 Å². The molecule has 2 heteroatoms. The molecule has 0 aromatic heterocycles. The van der Waals surface area contributed by atoms with Crippen molar-refractivity contribution in [1.82, 2.24) is 0 Å². The van der Waals surface area contributed by atoms with E-state index in [0.717, 1.165) is 17.4 Å². The molecule has 0 saturated heterocycles. The molecule has 0 amide bonds. The molecule has 0 fully saturated rings. The van der Waals surface area contributed by atoms with E-state index in [2.05, 4.69) is 0 Å². The van der Waals surface area contributed by atoms with Crippen molar-refractivity contribution in [3.05, 3.63) is 28.8 Å². The van der Waals surface area contributed by atoms with E-state index in [-0.39, 0.29) is 0 Å². The molecule has 0 atom stereocenters. The molecule has 0 N–H and O–H groups in total. The monoisotopic (exact) mass is 144 g/mol. The fourth-order valence-corrected chi connectivity index (χ4v) is 1.01. The van der Waals surface area contributed by atoms with E-state index in [9.17, 15) is 4.79 Å². The Bertz CT molecular complexity index is 292. The van der Waals surface area contributed by atoms with Gasteiger partial charge in [0.15, 0.2) is 0 Å². The molecular formula is C9H9BO. The third-order valence-electron chi connectivity index (χ3n) is 1.94. The van der Waals surface area contributed by atoms with Crippen LogP contribution in [0.1, 0.15) is 21.5 Å². The van der Waals surface area contributed by atoms with Gasteiger partial charge in [-0.15, -0.1) is 0 Å². The Kier molecular flexibility index (Phi) is 2.13. The smallest absolute Gasteiger partial charge is 0.149 e. The summed E-state index contributed by atoms with van der Waals surface area (Å²) >= 11 is 0. The third kappa shape index (κ3) is 1.34. The maximum atomic E-state index is 10.5. The van der Waals surface area contributed by atoms with Crippen LogP contribution in [0.5, 0.6) is 0 Å². The Morgan fingerprint density at radius 1 is 1.36 bits per heavy atom. The van der Waals surface area contributed by atoms with Crippen LogP contribution in [-0.2, 0) is 0 Å². The van der Waals surface area contributed by atoms with Gasteiger partial charge in [-0.3, -0.25) is 4.79 Å². The molecule has 0 aliphatic rings. The van der Waals surface area contributed by atoms with Crippen LogP contribution < -0.4 is 5.46 Å². The van der Waals surface area contributed by atoms with Crippen molar-refractivity contribution < 1.29 is 4.79 Å². The molecule has 0 bridgehead atoms. The van der Waals surface area contributed by atoms with Gasteiger partial charge < -0.3 is 0 Å². The number of hydrogen-bond donors (Lipinski definition) is 0. The predicted octanol–water partition coefficient (Wildman–Crippen LogP) is 0.910. The second kappa shape index (κ2) is 2.91. The minimum atomic E-state index is 0.558. The highest BCUT2D eigenvalue weighted by atomic mass is 16.1.